The predicted octanol–water partition coefficient (Wildman–Crippen LogP) is 5.03. The molecule has 15 heavy (non-hydrogen) atoms. The summed E-state index contributed by atoms with van der Waals surface area (Å²) < 4.78 is 0. The molecule has 0 heterocycles. The molecule has 2 fully saturated rings. The first-order valence-electron chi connectivity index (χ1n) is 7.15. The van der Waals surface area contributed by atoms with Crippen LogP contribution in [0.4, 0.5) is 0 Å². The van der Waals surface area contributed by atoms with Crippen molar-refractivity contribution in [2.24, 2.45) is 23.2 Å². The first-order valence-corrected chi connectivity index (χ1v) is 7.15. The van der Waals surface area contributed by atoms with E-state index >= 15 is 0 Å². The van der Waals surface area contributed by atoms with Crippen LogP contribution in [0.15, 0.2) is 0 Å². The van der Waals surface area contributed by atoms with Gasteiger partial charge in [-0.05, 0) is 55.3 Å². The fraction of sp³-hybridized carbons (Fsp3) is 1.00. The van der Waals surface area contributed by atoms with Crippen LogP contribution in [0, 0.1) is 23.2 Å². The zero-order chi connectivity index (χ0) is 10.9. The molecular weight excluding hydrogens is 180 g/mol. The van der Waals surface area contributed by atoms with E-state index in [1.54, 1.807) is 0 Å². The molecule has 88 valence electrons. The van der Waals surface area contributed by atoms with Gasteiger partial charge in [-0.15, -0.1) is 0 Å². The third-order valence-electron chi connectivity index (χ3n) is 5.39. The Morgan fingerprint density at radius 2 is 1.87 bits per heavy atom. The van der Waals surface area contributed by atoms with Crippen molar-refractivity contribution in [2.75, 3.05) is 0 Å². The van der Waals surface area contributed by atoms with Crippen molar-refractivity contribution in [1.29, 1.82) is 0 Å². The second-order valence-corrected chi connectivity index (χ2v) is 6.53. The van der Waals surface area contributed by atoms with E-state index in [1.165, 1.54) is 51.4 Å². The smallest absolute Gasteiger partial charge is 0.0300 e. The molecule has 0 bridgehead atoms. The topological polar surface area (TPSA) is 0 Å². The summed E-state index contributed by atoms with van der Waals surface area (Å²) >= 11 is 0. The van der Waals surface area contributed by atoms with Gasteiger partial charge >= 0.3 is 0 Å². The molecule has 0 aromatic heterocycles. The molecular formula is C15H28. The van der Waals surface area contributed by atoms with E-state index in [-0.39, 0.29) is 0 Å². The maximum Gasteiger partial charge on any atom is -0.0300 e. The third-order valence-corrected chi connectivity index (χ3v) is 5.39. The Labute approximate surface area is 95.8 Å². The highest BCUT2D eigenvalue weighted by molar-refractivity contribution is 4.95. The molecule has 2 aliphatic carbocycles. The lowest BCUT2D eigenvalue weighted by molar-refractivity contribution is 0.114. The first-order chi connectivity index (χ1) is 7.15. The second kappa shape index (κ2) is 4.47. The summed E-state index contributed by atoms with van der Waals surface area (Å²) in [7, 11) is 0. The Morgan fingerprint density at radius 3 is 2.33 bits per heavy atom. The monoisotopic (exact) mass is 208 g/mol. The number of rotatable bonds is 6. The van der Waals surface area contributed by atoms with Crippen molar-refractivity contribution < 1.29 is 0 Å². The maximum absolute atomic E-state index is 2.50. The van der Waals surface area contributed by atoms with Gasteiger partial charge in [0.25, 0.3) is 0 Å². The molecule has 0 heteroatoms. The highest BCUT2D eigenvalue weighted by atomic mass is 14.5. The van der Waals surface area contributed by atoms with Crippen LogP contribution in [0.2, 0.25) is 0 Å². The van der Waals surface area contributed by atoms with Crippen molar-refractivity contribution in [3.05, 3.63) is 0 Å². The van der Waals surface area contributed by atoms with Gasteiger partial charge in [0.1, 0.15) is 0 Å². The van der Waals surface area contributed by atoms with Crippen LogP contribution in [0.1, 0.15) is 72.1 Å². The van der Waals surface area contributed by atoms with E-state index in [9.17, 15) is 0 Å². The van der Waals surface area contributed by atoms with Crippen LogP contribution in [0.5, 0.6) is 0 Å². The summed E-state index contributed by atoms with van der Waals surface area (Å²) in [6.07, 6.45) is 12.0. The van der Waals surface area contributed by atoms with Gasteiger partial charge in [0.2, 0.25) is 0 Å². The van der Waals surface area contributed by atoms with E-state index in [0.717, 1.165) is 23.2 Å². The van der Waals surface area contributed by atoms with E-state index in [1.807, 2.05) is 0 Å². The molecule has 0 N–H and O–H groups in total. The van der Waals surface area contributed by atoms with E-state index in [2.05, 4.69) is 20.8 Å². The van der Waals surface area contributed by atoms with Gasteiger partial charge in [0.05, 0.1) is 0 Å². The quantitative estimate of drug-likeness (QED) is 0.574. The Kier molecular flexibility index (Phi) is 3.42. The van der Waals surface area contributed by atoms with Gasteiger partial charge in [-0.25, -0.2) is 0 Å². The molecule has 0 spiro atoms. The summed E-state index contributed by atoms with van der Waals surface area (Å²) in [4.78, 5) is 0. The standard InChI is InChI=1S/C15H28/c1-4-5-6-13-7-8-14(13)11-12(2)15(3)9-10-15/h12-14H,4-11H2,1-3H3. The third kappa shape index (κ3) is 2.57. The highest BCUT2D eigenvalue weighted by Gasteiger charge is 2.44. The maximum atomic E-state index is 2.50. The van der Waals surface area contributed by atoms with Crippen LogP contribution in [0.25, 0.3) is 0 Å². The van der Waals surface area contributed by atoms with Gasteiger partial charge in [-0.1, -0.05) is 40.0 Å². The molecule has 0 amide bonds. The molecule has 2 aliphatic rings. The van der Waals surface area contributed by atoms with Gasteiger partial charge in [0.15, 0.2) is 0 Å². The fourth-order valence-corrected chi connectivity index (χ4v) is 3.22. The lowest BCUT2D eigenvalue weighted by atomic mass is 9.66. The molecule has 0 aliphatic heterocycles. The number of unbranched alkanes of at least 4 members (excludes halogenated alkanes) is 1. The average molecular weight is 208 g/mol. The first kappa shape index (κ1) is 11.5. The molecule has 3 unspecified atom stereocenters. The Morgan fingerprint density at radius 1 is 1.20 bits per heavy atom. The highest BCUT2D eigenvalue weighted by Crippen LogP contribution is 2.55. The van der Waals surface area contributed by atoms with Crippen LogP contribution >= 0.6 is 0 Å². The Bertz CT molecular complexity index is 202. The SMILES string of the molecule is CCCCC1CCC1CC(C)C1(C)CC1. The van der Waals surface area contributed by atoms with E-state index in [4.69, 9.17) is 0 Å². The molecule has 0 aromatic carbocycles. The molecule has 2 rings (SSSR count). The average Bonchev–Trinajstić information content (AvgIpc) is 2.93. The van der Waals surface area contributed by atoms with Crippen molar-refractivity contribution >= 4 is 0 Å². The van der Waals surface area contributed by atoms with Gasteiger partial charge < -0.3 is 0 Å². The van der Waals surface area contributed by atoms with Gasteiger partial charge in [-0.2, -0.15) is 0 Å². The molecule has 0 aromatic rings. The lowest BCUT2D eigenvalue weighted by Crippen LogP contribution is -2.29. The largest absolute Gasteiger partial charge is 0.0654 e. The zero-order valence-corrected chi connectivity index (χ0v) is 10.9. The fourth-order valence-electron chi connectivity index (χ4n) is 3.22. The molecule has 3 atom stereocenters. The number of hydrogen-bond donors (Lipinski definition) is 0. The summed E-state index contributed by atoms with van der Waals surface area (Å²) in [5.41, 5.74) is 0.755. The van der Waals surface area contributed by atoms with Gasteiger partial charge in [0, 0.05) is 0 Å². The van der Waals surface area contributed by atoms with Crippen LogP contribution in [-0.4, -0.2) is 0 Å². The number of hydrogen-bond acceptors (Lipinski definition) is 0. The second-order valence-electron chi connectivity index (χ2n) is 6.53. The summed E-state index contributed by atoms with van der Waals surface area (Å²) in [5.74, 6) is 3.20. The lowest BCUT2D eigenvalue weighted by Gasteiger charge is -2.39. The van der Waals surface area contributed by atoms with Crippen LogP contribution in [-0.2, 0) is 0 Å². The van der Waals surface area contributed by atoms with Crippen molar-refractivity contribution in [3.8, 4) is 0 Å². The minimum absolute atomic E-state index is 0.755. The van der Waals surface area contributed by atoms with E-state index in [0.29, 0.717) is 0 Å². The van der Waals surface area contributed by atoms with Gasteiger partial charge in [-0.3, -0.25) is 0 Å². The van der Waals surface area contributed by atoms with Crippen molar-refractivity contribution in [1.82, 2.24) is 0 Å². The summed E-state index contributed by atoms with van der Waals surface area (Å²) in [6.45, 7) is 7.32. The molecule has 0 saturated heterocycles. The van der Waals surface area contributed by atoms with Crippen LogP contribution < -0.4 is 0 Å². The minimum Gasteiger partial charge on any atom is -0.0654 e. The summed E-state index contributed by atoms with van der Waals surface area (Å²) in [5, 5.41) is 0. The van der Waals surface area contributed by atoms with Crippen LogP contribution in [0.3, 0.4) is 0 Å². The minimum atomic E-state index is 0.755. The Balaban J connectivity index is 1.70. The molecule has 0 radical (unpaired) electrons. The van der Waals surface area contributed by atoms with Crippen molar-refractivity contribution in [3.63, 3.8) is 0 Å². The predicted molar refractivity (Wildman–Crippen MR) is 66.9 cm³/mol. The Hall–Kier alpha value is 0. The molecule has 0 nitrogen and oxygen atoms in total. The van der Waals surface area contributed by atoms with E-state index < -0.39 is 0 Å². The van der Waals surface area contributed by atoms with Crippen molar-refractivity contribution in [2.45, 2.75) is 72.1 Å². The normalized spacial score (nSPS) is 34.6. The molecule has 2 saturated carbocycles. The zero-order valence-electron chi connectivity index (χ0n) is 10.9. The summed E-state index contributed by atoms with van der Waals surface area (Å²) in [6, 6.07) is 0.